The molecule has 0 saturated carbocycles. The third-order valence-electron chi connectivity index (χ3n) is 1.70. The van der Waals surface area contributed by atoms with Crippen LogP contribution >= 0.6 is 0 Å². The van der Waals surface area contributed by atoms with E-state index in [9.17, 15) is 9.59 Å². The molecule has 0 atom stereocenters. The summed E-state index contributed by atoms with van der Waals surface area (Å²) in [6, 6.07) is 8.37. The number of hydrogen-bond donors (Lipinski definition) is 0. The Morgan fingerprint density at radius 2 is 1.72 bits per heavy atom. The Morgan fingerprint density at radius 1 is 1.11 bits per heavy atom. The zero-order valence-corrected chi connectivity index (χ0v) is 10.2. The molecule has 0 bridgehead atoms. The zero-order valence-electron chi connectivity index (χ0n) is 10.2. The van der Waals surface area contributed by atoms with Gasteiger partial charge in [-0.15, -0.1) is 0 Å². The van der Waals surface area contributed by atoms with Crippen LogP contribution in [-0.2, 0) is 4.74 Å². The molecule has 0 spiro atoms. The Balaban J connectivity index is 2.38. The molecular weight excluding hydrogens is 236 g/mol. The molecule has 1 aromatic carbocycles. The predicted octanol–water partition coefficient (Wildman–Crippen LogP) is 3.43. The second-order valence-electron chi connectivity index (χ2n) is 3.85. The molecule has 6 heteroatoms. The summed E-state index contributed by atoms with van der Waals surface area (Å²) in [5.74, 6) is 0.525. The molecule has 1 aromatic rings. The van der Waals surface area contributed by atoms with Crippen LogP contribution in [0.15, 0.2) is 40.6 Å². The van der Waals surface area contributed by atoms with Crippen molar-refractivity contribution >= 4 is 12.2 Å². The minimum atomic E-state index is -0.970. The Bertz CT molecular complexity index is 429. The summed E-state index contributed by atoms with van der Waals surface area (Å²) in [5, 5.41) is 6.17. The van der Waals surface area contributed by atoms with Crippen molar-refractivity contribution in [1.82, 2.24) is 0 Å². The third kappa shape index (κ3) is 5.74. The van der Waals surface area contributed by atoms with E-state index in [0.29, 0.717) is 5.75 Å². The van der Waals surface area contributed by atoms with Crippen LogP contribution in [0.2, 0.25) is 0 Å². The van der Waals surface area contributed by atoms with Crippen LogP contribution < -0.4 is 4.74 Å². The van der Waals surface area contributed by atoms with Crippen molar-refractivity contribution < 1.29 is 19.1 Å². The summed E-state index contributed by atoms with van der Waals surface area (Å²) < 4.78 is 9.48. The Kier molecular flexibility index (Phi) is 5.50. The number of rotatable bonds is 3. The van der Waals surface area contributed by atoms with Gasteiger partial charge >= 0.3 is 12.2 Å². The van der Waals surface area contributed by atoms with Gasteiger partial charge in [0.25, 0.3) is 0 Å². The van der Waals surface area contributed by atoms with Crippen LogP contribution in [-0.4, -0.2) is 18.8 Å². The van der Waals surface area contributed by atoms with Gasteiger partial charge in [0, 0.05) is 0 Å². The lowest BCUT2D eigenvalue weighted by atomic mass is 10.2. The van der Waals surface area contributed by atoms with E-state index in [-0.39, 0.29) is 12.5 Å². The van der Waals surface area contributed by atoms with Gasteiger partial charge in [-0.3, -0.25) is 0 Å². The van der Waals surface area contributed by atoms with E-state index in [1.165, 1.54) is 0 Å². The molecule has 0 aliphatic heterocycles. The SMILES string of the molecule is CC(C)COC(=O)N=NC(=O)Oc1ccccc1. The van der Waals surface area contributed by atoms with Gasteiger partial charge in [0.15, 0.2) is 0 Å². The van der Waals surface area contributed by atoms with Crippen molar-refractivity contribution in [1.29, 1.82) is 0 Å². The van der Waals surface area contributed by atoms with Crippen molar-refractivity contribution in [3.8, 4) is 5.75 Å². The quantitative estimate of drug-likeness (QED) is 0.770. The molecule has 0 aliphatic rings. The standard InChI is InChI=1S/C12H14N2O4/c1-9(2)8-17-11(15)13-14-12(16)18-10-6-4-3-5-7-10/h3-7,9H,8H2,1-2H3. The first-order chi connectivity index (χ1) is 8.58. The number of azo groups is 1. The van der Waals surface area contributed by atoms with Crippen LogP contribution in [0.4, 0.5) is 9.59 Å². The number of hydrogen-bond acceptors (Lipinski definition) is 4. The summed E-state index contributed by atoms with van der Waals surface area (Å²) in [6.45, 7) is 3.99. The number of ether oxygens (including phenoxy) is 2. The summed E-state index contributed by atoms with van der Waals surface area (Å²) in [6.07, 6.45) is -1.88. The average molecular weight is 250 g/mol. The Hall–Kier alpha value is -2.24. The fourth-order valence-electron chi connectivity index (χ4n) is 0.958. The highest BCUT2D eigenvalue weighted by Crippen LogP contribution is 2.09. The van der Waals surface area contributed by atoms with Crippen LogP contribution in [0.25, 0.3) is 0 Å². The molecule has 0 saturated heterocycles. The number of benzene rings is 1. The third-order valence-corrected chi connectivity index (χ3v) is 1.70. The monoisotopic (exact) mass is 250 g/mol. The molecule has 96 valence electrons. The van der Waals surface area contributed by atoms with Crippen molar-refractivity contribution in [3.63, 3.8) is 0 Å². The molecule has 6 nitrogen and oxygen atoms in total. The summed E-state index contributed by atoms with van der Waals surface area (Å²) in [7, 11) is 0. The van der Waals surface area contributed by atoms with E-state index in [4.69, 9.17) is 9.47 Å². The van der Waals surface area contributed by atoms with Gasteiger partial charge < -0.3 is 9.47 Å². The lowest BCUT2D eigenvalue weighted by Gasteiger charge is -2.02. The van der Waals surface area contributed by atoms with Gasteiger partial charge in [-0.1, -0.05) is 42.3 Å². The highest BCUT2D eigenvalue weighted by atomic mass is 16.6. The number of amides is 2. The number of nitrogens with zero attached hydrogens (tertiary/aromatic N) is 2. The summed E-state index contributed by atoms with van der Waals surface area (Å²) in [5.41, 5.74) is 0. The molecular formula is C12H14N2O4. The first-order valence-electron chi connectivity index (χ1n) is 5.43. The molecule has 0 N–H and O–H groups in total. The normalized spacial score (nSPS) is 10.6. The van der Waals surface area contributed by atoms with Crippen molar-refractivity contribution in [2.45, 2.75) is 13.8 Å². The van der Waals surface area contributed by atoms with E-state index < -0.39 is 12.2 Å². The maximum absolute atomic E-state index is 11.2. The number of carbonyl (C=O) groups excluding carboxylic acids is 2. The second-order valence-corrected chi connectivity index (χ2v) is 3.85. The maximum atomic E-state index is 11.2. The highest BCUT2D eigenvalue weighted by molar-refractivity contribution is 5.74. The van der Waals surface area contributed by atoms with E-state index >= 15 is 0 Å². The van der Waals surface area contributed by atoms with E-state index in [1.54, 1.807) is 30.3 Å². The first-order valence-corrected chi connectivity index (χ1v) is 5.43. The average Bonchev–Trinajstić information content (AvgIpc) is 2.35. The van der Waals surface area contributed by atoms with E-state index in [1.807, 2.05) is 13.8 Å². The smallest absolute Gasteiger partial charge is 0.447 e. The predicted molar refractivity (Wildman–Crippen MR) is 63.5 cm³/mol. The Labute approximate surface area is 105 Å². The zero-order chi connectivity index (χ0) is 13.4. The van der Waals surface area contributed by atoms with Crippen molar-refractivity contribution in [2.75, 3.05) is 6.61 Å². The number of carbonyl (C=O) groups is 2. The van der Waals surface area contributed by atoms with Crippen LogP contribution in [0.5, 0.6) is 5.75 Å². The fraction of sp³-hybridized carbons (Fsp3) is 0.333. The largest absolute Gasteiger partial charge is 0.458 e. The molecule has 18 heavy (non-hydrogen) atoms. The van der Waals surface area contributed by atoms with E-state index in [0.717, 1.165) is 0 Å². The van der Waals surface area contributed by atoms with Gasteiger partial charge in [0.05, 0.1) is 6.61 Å². The van der Waals surface area contributed by atoms with Crippen molar-refractivity contribution in [3.05, 3.63) is 30.3 Å². The maximum Gasteiger partial charge on any atom is 0.458 e. The van der Waals surface area contributed by atoms with Gasteiger partial charge in [-0.05, 0) is 18.1 Å². The lowest BCUT2D eigenvalue weighted by molar-refractivity contribution is 0.141. The molecule has 0 heterocycles. The topological polar surface area (TPSA) is 77.3 Å². The molecule has 0 fully saturated rings. The first kappa shape index (κ1) is 13.8. The van der Waals surface area contributed by atoms with Gasteiger partial charge in [-0.25, -0.2) is 9.59 Å². The Morgan fingerprint density at radius 3 is 2.33 bits per heavy atom. The van der Waals surface area contributed by atoms with Crippen LogP contribution in [0.3, 0.4) is 0 Å². The molecule has 0 unspecified atom stereocenters. The van der Waals surface area contributed by atoms with Crippen LogP contribution in [0, 0.1) is 5.92 Å². The lowest BCUT2D eigenvalue weighted by Crippen LogP contribution is -2.07. The molecule has 0 aliphatic carbocycles. The minimum absolute atomic E-state index is 0.195. The minimum Gasteiger partial charge on any atom is -0.447 e. The number of para-hydroxylation sites is 1. The van der Waals surface area contributed by atoms with Gasteiger partial charge in [0.2, 0.25) is 0 Å². The van der Waals surface area contributed by atoms with Crippen molar-refractivity contribution in [2.24, 2.45) is 16.1 Å². The van der Waals surface area contributed by atoms with Gasteiger partial charge in [-0.2, -0.15) is 0 Å². The van der Waals surface area contributed by atoms with Crippen LogP contribution in [0.1, 0.15) is 13.8 Å². The summed E-state index contributed by atoms with van der Waals surface area (Å²) in [4.78, 5) is 22.2. The molecule has 0 aromatic heterocycles. The molecule has 0 radical (unpaired) electrons. The highest BCUT2D eigenvalue weighted by Gasteiger charge is 2.05. The fourth-order valence-corrected chi connectivity index (χ4v) is 0.958. The molecule has 2 amide bonds. The summed E-state index contributed by atoms with van der Waals surface area (Å²) >= 11 is 0. The second kappa shape index (κ2) is 7.16. The van der Waals surface area contributed by atoms with Gasteiger partial charge in [0.1, 0.15) is 5.75 Å². The molecule has 1 rings (SSSR count). The van der Waals surface area contributed by atoms with E-state index in [2.05, 4.69) is 10.2 Å².